The Balaban J connectivity index is 1.74. The van der Waals surface area contributed by atoms with Gasteiger partial charge in [0, 0.05) is 4.47 Å². The number of carbonyl (C=O) groups is 1. The van der Waals surface area contributed by atoms with Gasteiger partial charge in [0.05, 0.1) is 42.7 Å². The number of carbonyl (C=O) groups excluding carboxylic acids is 1. The summed E-state index contributed by atoms with van der Waals surface area (Å²) in [6.45, 7) is 3.82. The number of hydrogen-bond acceptors (Lipinski definition) is 9. The Morgan fingerprint density at radius 2 is 1.92 bits per heavy atom. The monoisotopic (exact) mass is 586 g/mol. The van der Waals surface area contributed by atoms with Crippen molar-refractivity contribution in [3.8, 4) is 23.0 Å². The van der Waals surface area contributed by atoms with Crippen molar-refractivity contribution in [3.63, 3.8) is 0 Å². The second kappa shape index (κ2) is 10.1. The molecular formula is C26H23BrN2O7S. The van der Waals surface area contributed by atoms with E-state index < -0.39 is 12.0 Å². The third kappa shape index (κ3) is 4.42. The number of ether oxygens (including phenoxy) is 5. The molecule has 0 N–H and O–H groups in total. The summed E-state index contributed by atoms with van der Waals surface area (Å²) in [5, 5.41) is 0. The van der Waals surface area contributed by atoms with Crippen molar-refractivity contribution in [1.82, 2.24) is 4.57 Å². The van der Waals surface area contributed by atoms with E-state index in [2.05, 4.69) is 20.9 Å². The second-order valence-electron chi connectivity index (χ2n) is 8.14. The number of nitrogens with zero attached hydrogens (tertiary/aromatic N) is 2. The molecule has 0 saturated heterocycles. The lowest BCUT2D eigenvalue weighted by Gasteiger charge is -2.26. The van der Waals surface area contributed by atoms with Crippen molar-refractivity contribution in [1.29, 1.82) is 0 Å². The maximum absolute atomic E-state index is 13.8. The van der Waals surface area contributed by atoms with Crippen LogP contribution in [-0.4, -0.2) is 38.2 Å². The van der Waals surface area contributed by atoms with Gasteiger partial charge in [0.2, 0.25) is 6.79 Å². The standard InChI is InChI=1S/C26H23BrN2O7S/c1-5-34-25(31)22-13(2)28-26-29(23(22)15-10-18(32-3)19(33-4)11-16(15)27)24(30)21(37-26)9-14-6-7-17-20(8-14)36-12-35-17/h6-11,23H,5,12H2,1-4H3/b21-9-/t23-/m0/s1. The summed E-state index contributed by atoms with van der Waals surface area (Å²) in [6.07, 6.45) is 1.77. The molecule has 0 spiro atoms. The van der Waals surface area contributed by atoms with Gasteiger partial charge in [0.25, 0.3) is 5.56 Å². The molecule has 2 aromatic carbocycles. The van der Waals surface area contributed by atoms with Crippen LogP contribution in [0.5, 0.6) is 23.0 Å². The Bertz CT molecular complexity index is 1620. The zero-order chi connectivity index (χ0) is 26.3. The molecule has 0 aliphatic carbocycles. The predicted molar refractivity (Wildman–Crippen MR) is 140 cm³/mol. The maximum Gasteiger partial charge on any atom is 0.338 e. The smallest absolute Gasteiger partial charge is 0.338 e. The minimum Gasteiger partial charge on any atom is -0.493 e. The zero-order valence-electron chi connectivity index (χ0n) is 20.5. The molecule has 192 valence electrons. The van der Waals surface area contributed by atoms with Crippen LogP contribution in [0.15, 0.2) is 55.9 Å². The van der Waals surface area contributed by atoms with Crippen molar-refractivity contribution in [2.24, 2.45) is 4.99 Å². The fraction of sp³-hybridized carbons (Fsp3) is 0.269. The Morgan fingerprint density at radius 3 is 2.65 bits per heavy atom. The number of thiazole rings is 1. The molecule has 0 radical (unpaired) electrons. The predicted octanol–water partition coefficient (Wildman–Crippen LogP) is 3.31. The first-order valence-electron chi connectivity index (χ1n) is 11.4. The van der Waals surface area contributed by atoms with Gasteiger partial charge in [-0.1, -0.05) is 33.3 Å². The van der Waals surface area contributed by atoms with Crippen molar-refractivity contribution in [2.75, 3.05) is 27.6 Å². The van der Waals surface area contributed by atoms with Crippen molar-refractivity contribution in [2.45, 2.75) is 19.9 Å². The summed E-state index contributed by atoms with van der Waals surface area (Å²) in [4.78, 5) is 32.1. The summed E-state index contributed by atoms with van der Waals surface area (Å²) in [5.74, 6) is 1.70. The van der Waals surface area contributed by atoms with Crippen LogP contribution in [0.4, 0.5) is 0 Å². The van der Waals surface area contributed by atoms with Gasteiger partial charge in [-0.15, -0.1) is 0 Å². The molecule has 3 heterocycles. The highest BCUT2D eigenvalue weighted by Gasteiger charge is 2.35. The molecule has 5 rings (SSSR count). The van der Waals surface area contributed by atoms with E-state index >= 15 is 0 Å². The van der Waals surface area contributed by atoms with E-state index in [0.717, 1.165) is 5.56 Å². The van der Waals surface area contributed by atoms with E-state index in [-0.39, 0.29) is 24.5 Å². The number of rotatable bonds is 6. The molecule has 1 aromatic heterocycles. The van der Waals surface area contributed by atoms with Gasteiger partial charge >= 0.3 is 5.97 Å². The molecule has 2 aliphatic rings. The first-order chi connectivity index (χ1) is 17.9. The number of fused-ring (bicyclic) bond motifs is 2. The number of benzene rings is 2. The van der Waals surface area contributed by atoms with Gasteiger partial charge < -0.3 is 23.7 Å². The molecule has 1 atom stereocenters. The molecule has 0 bridgehead atoms. The maximum atomic E-state index is 13.8. The number of methoxy groups -OCH3 is 2. The molecule has 2 aliphatic heterocycles. The quantitative estimate of drug-likeness (QED) is 0.409. The lowest BCUT2D eigenvalue weighted by atomic mass is 9.95. The first-order valence-corrected chi connectivity index (χ1v) is 13.0. The van der Waals surface area contributed by atoms with Crippen LogP contribution in [0.2, 0.25) is 0 Å². The van der Waals surface area contributed by atoms with Gasteiger partial charge in [0.15, 0.2) is 27.8 Å². The lowest BCUT2D eigenvalue weighted by molar-refractivity contribution is -0.139. The summed E-state index contributed by atoms with van der Waals surface area (Å²) in [6, 6.07) is 8.16. The third-order valence-electron chi connectivity index (χ3n) is 6.01. The topological polar surface area (TPSA) is 97.6 Å². The van der Waals surface area contributed by atoms with E-state index in [1.165, 1.54) is 30.1 Å². The van der Waals surface area contributed by atoms with E-state index in [4.69, 9.17) is 23.7 Å². The van der Waals surface area contributed by atoms with E-state index in [1.54, 1.807) is 38.1 Å². The van der Waals surface area contributed by atoms with E-state index in [9.17, 15) is 9.59 Å². The van der Waals surface area contributed by atoms with Crippen LogP contribution < -0.4 is 33.8 Å². The minimum absolute atomic E-state index is 0.164. The Labute approximate surface area is 224 Å². The Hall–Kier alpha value is -3.57. The van der Waals surface area contributed by atoms with Crippen LogP contribution in [0, 0.1) is 0 Å². The molecule has 37 heavy (non-hydrogen) atoms. The third-order valence-corrected chi connectivity index (χ3v) is 7.68. The molecule has 0 amide bonds. The highest BCUT2D eigenvalue weighted by molar-refractivity contribution is 9.10. The van der Waals surface area contributed by atoms with Crippen LogP contribution in [0.3, 0.4) is 0 Å². The Kier molecular flexibility index (Phi) is 6.82. The number of hydrogen-bond donors (Lipinski definition) is 0. The fourth-order valence-corrected chi connectivity index (χ4v) is 5.91. The van der Waals surface area contributed by atoms with Crippen LogP contribution in [0.1, 0.15) is 31.0 Å². The summed E-state index contributed by atoms with van der Waals surface area (Å²) >= 11 is 4.84. The van der Waals surface area contributed by atoms with Gasteiger partial charge in [-0.3, -0.25) is 9.36 Å². The van der Waals surface area contributed by atoms with Gasteiger partial charge in [-0.25, -0.2) is 9.79 Å². The van der Waals surface area contributed by atoms with Gasteiger partial charge in [-0.05, 0) is 55.3 Å². The summed E-state index contributed by atoms with van der Waals surface area (Å²) in [5.41, 5.74) is 1.87. The minimum atomic E-state index is -0.802. The second-order valence-corrected chi connectivity index (χ2v) is 10.0. The molecular weight excluding hydrogens is 564 g/mol. The highest BCUT2D eigenvalue weighted by Crippen LogP contribution is 2.41. The lowest BCUT2D eigenvalue weighted by Crippen LogP contribution is -2.40. The van der Waals surface area contributed by atoms with Crippen molar-refractivity contribution in [3.05, 3.63) is 76.9 Å². The molecule has 0 unspecified atom stereocenters. The summed E-state index contributed by atoms with van der Waals surface area (Å²) < 4.78 is 29.8. The van der Waals surface area contributed by atoms with Gasteiger partial charge in [0.1, 0.15) is 0 Å². The van der Waals surface area contributed by atoms with Crippen molar-refractivity contribution < 1.29 is 28.5 Å². The van der Waals surface area contributed by atoms with E-state index in [0.29, 0.717) is 48.1 Å². The number of halogens is 1. The SMILES string of the molecule is CCOC(=O)C1=C(C)N=c2s/c(=C\c3ccc4c(c3)OCO4)c(=O)n2[C@H]1c1cc(OC)c(OC)cc1Br. The number of aromatic nitrogens is 1. The van der Waals surface area contributed by atoms with Crippen LogP contribution in [0.25, 0.3) is 6.08 Å². The van der Waals surface area contributed by atoms with E-state index in [1.807, 2.05) is 12.1 Å². The normalized spacial score (nSPS) is 16.4. The number of allylic oxidation sites excluding steroid dienone is 1. The van der Waals surface area contributed by atoms with Crippen molar-refractivity contribution >= 4 is 39.3 Å². The largest absolute Gasteiger partial charge is 0.493 e. The molecule has 11 heteroatoms. The Morgan fingerprint density at radius 1 is 1.19 bits per heavy atom. The molecule has 3 aromatic rings. The average Bonchev–Trinajstić information content (AvgIpc) is 3.47. The summed E-state index contributed by atoms with van der Waals surface area (Å²) in [7, 11) is 3.07. The highest BCUT2D eigenvalue weighted by atomic mass is 79.9. The molecule has 9 nitrogen and oxygen atoms in total. The molecule has 0 fully saturated rings. The van der Waals surface area contributed by atoms with Gasteiger partial charge in [-0.2, -0.15) is 0 Å². The van der Waals surface area contributed by atoms with Crippen LogP contribution >= 0.6 is 27.3 Å². The van der Waals surface area contributed by atoms with Crippen LogP contribution in [-0.2, 0) is 9.53 Å². The number of esters is 1. The fourth-order valence-electron chi connectivity index (χ4n) is 4.32. The zero-order valence-corrected chi connectivity index (χ0v) is 22.9. The average molecular weight is 587 g/mol. The first kappa shape index (κ1) is 25.1. The molecule has 0 saturated carbocycles.